The van der Waals surface area contributed by atoms with Crippen molar-refractivity contribution < 1.29 is 9.13 Å². The highest BCUT2D eigenvalue weighted by Crippen LogP contribution is 2.35. The van der Waals surface area contributed by atoms with Crippen molar-refractivity contribution in [3.63, 3.8) is 0 Å². The number of benzene rings is 1. The summed E-state index contributed by atoms with van der Waals surface area (Å²) in [6.07, 6.45) is 2.21. The van der Waals surface area contributed by atoms with E-state index in [0.29, 0.717) is 11.5 Å². The standard InChI is InChI=1S/C13H18FNO/c1-16-13-11(9-14)3-2-4-12(13)10-5-7-15-8-6-10/h2-4,10,15H,5-9H2,1H3. The van der Waals surface area contributed by atoms with Crippen molar-refractivity contribution in [2.24, 2.45) is 0 Å². The van der Waals surface area contributed by atoms with Gasteiger partial charge in [-0.2, -0.15) is 0 Å². The number of hydrogen-bond donors (Lipinski definition) is 1. The molecule has 0 amide bonds. The first-order valence-corrected chi connectivity index (χ1v) is 5.79. The molecule has 1 aliphatic rings. The Hall–Kier alpha value is -1.09. The Morgan fingerprint density at radius 1 is 1.38 bits per heavy atom. The summed E-state index contributed by atoms with van der Waals surface area (Å²) in [6, 6.07) is 5.78. The van der Waals surface area contributed by atoms with Gasteiger partial charge in [0.2, 0.25) is 0 Å². The van der Waals surface area contributed by atoms with E-state index in [2.05, 4.69) is 11.4 Å². The molecule has 0 saturated carbocycles. The summed E-state index contributed by atoms with van der Waals surface area (Å²) in [5, 5.41) is 3.34. The van der Waals surface area contributed by atoms with Crippen LogP contribution in [0.25, 0.3) is 0 Å². The molecule has 3 heteroatoms. The van der Waals surface area contributed by atoms with Crippen molar-refractivity contribution in [3.8, 4) is 5.75 Å². The first-order chi connectivity index (χ1) is 7.86. The largest absolute Gasteiger partial charge is 0.496 e. The number of methoxy groups -OCH3 is 1. The third-order valence-corrected chi connectivity index (χ3v) is 3.25. The molecule has 0 spiro atoms. The van der Waals surface area contributed by atoms with Crippen LogP contribution in [0.15, 0.2) is 18.2 Å². The van der Waals surface area contributed by atoms with Gasteiger partial charge in [0.25, 0.3) is 0 Å². The van der Waals surface area contributed by atoms with Crippen molar-refractivity contribution in [1.29, 1.82) is 0 Å². The Morgan fingerprint density at radius 3 is 2.75 bits per heavy atom. The molecule has 1 fully saturated rings. The van der Waals surface area contributed by atoms with Crippen LogP contribution in [0.2, 0.25) is 0 Å². The minimum Gasteiger partial charge on any atom is -0.496 e. The van der Waals surface area contributed by atoms with Gasteiger partial charge < -0.3 is 10.1 Å². The Bertz CT molecular complexity index is 348. The SMILES string of the molecule is COc1c(CF)cccc1C1CCNCC1. The fourth-order valence-electron chi connectivity index (χ4n) is 2.41. The lowest BCUT2D eigenvalue weighted by atomic mass is 9.88. The monoisotopic (exact) mass is 223 g/mol. The fourth-order valence-corrected chi connectivity index (χ4v) is 2.41. The van der Waals surface area contributed by atoms with Crippen LogP contribution in [0, 0.1) is 0 Å². The minimum absolute atomic E-state index is 0.456. The van der Waals surface area contributed by atoms with Crippen molar-refractivity contribution >= 4 is 0 Å². The zero-order chi connectivity index (χ0) is 11.4. The van der Waals surface area contributed by atoms with Crippen LogP contribution < -0.4 is 10.1 Å². The molecule has 1 heterocycles. The number of para-hydroxylation sites is 1. The Labute approximate surface area is 95.8 Å². The molecule has 1 N–H and O–H groups in total. The van der Waals surface area contributed by atoms with Crippen molar-refractivity contribution in [3.05, 3.63) is 29.3 Å². The van der Waals surface area contributed by atoms with Crippen LogP contribution in [0.3, 0.4) is 0 Å². The summed E-state index contributed by atoms with van der Waals surface area (Å²) in [7, 11) is 1.62. The van der Waals surface area contributed by atoms with Gasteiger partial charge in [-0.05, 0) is 37.4 Å². The Morgan fingerprint density at radius 2 is 2.12 bits per heavy atom. The van der Waals surface area contributed by atoms with Crippen LogP contribution in [0.1, 0.15) is 29.9 Å². The van der Waals surface area contributed by atoms with E-state index in [1.807, 2.05) is 6.07 Å². The van der Waals surface area contributed by atoms with Crippen LogP contribution in [0.5, 0.6) is 5.75 Å². The second kappa shape index (κ2) is 5.30. The second-order valence-electron chi connectivity index (χ2n) is 4.20. The molecule has 0 aliphatic carbocycles. The average Bonchev–Trinajstić information content (AvgIpc) is 2.38. The molecule has 2 rings (SSSR count). The summed E-state index contributed by atoms with van der Waals surface area (Å²) in [4.78, 5) is 0. The number of rotatable bonds is 3. The first-order valence-electron chi connectivity index (χ1n) is 5.79. The first kappa shape index (κ1) is 11.4. The molecule has 1 aromatic carbocycles. The van der Waals surface area contributed by atoms with Gasteiger partial charge in [0.1, 0.15) is 12.4 Å². The summed E-state index contributed by atoms with van der Waals surface area (Å²) < 4.78 is 18.2. The highest BCUT2D eigenvalue weighted by atomic mass is 19.1. The van der Waals surface area contributed by atoms with Crippen LogP contribution in [-0.2, 0) is 6.67 Å². The molecular formula is C13H18FNO. The lowest BCUT2D eigenvalue weighted by Crippen LogP contribution is -2.26. The number of ether oxygens (including phenoxy) is 1. The molecule has 0 bridgehead atoms. The van der Waals surface area contributed by atoms with Crippen LogP contribution >= 0.6 is 0 Å². The smallest absolute Gasteiger partial charge is 0.128 e. The third kappa shape index (κ3) is 2.19. The van der Waals surface area contributed by atoms with Gasteiger partial charge in [-0.25, -0.2) is 4.39 Å². The maximum absolute atomic E-state index is 12.8. The maximum atomic E-state index is 12.8. The van der Waals surface area contributed by atoms with Crippen molar-refractivity contribution in [2.75, 3.05) is 20.2 Å². The molecule has 0 unspecified atom stereocenters. The van der Waals surface area contributed by atoms with E-state index < -0.39 is 6.67 Å². The maximum Gasteiger partial charge on any atom is 0.128 e. The third-order valence-electron chi connectivity index (χ3n) is 3.25. The molecule has 0 radical (unpaired) electrons. The van der Waals surface area contributed by atoms with Crippen LogP contribution in [0.4, 0.5) is 4.39 Å². The van der Waals surface area contributed by atoms with Crippen molar-refractivity contribution in [1.82, 2.24) is 5.32 Å². The molecule has 2 nitrogen and oxygen atoms in total. The van der Waals surface area contributed by atoms with Crippen LogP contribution in [-0.4, -0.2) is 20.2 Å². The number of alkyl halides is 1. The van der Waals surface area contributed by atoms with Crippen molar-refractivity contribution in [2.45, 2.75) is 25.4 Å². The molecule has 1 saturated heterocycles. The van der Waals surface area contributed by atoms with Gasteiger partial charge in [0.05, 0.1) is 7.11 Å². The molecular weight excluding hydrogens is 205 g/mol. The fraction of sp³-hybridized carbons (Fsp3) is 0.538. The number of hydrogen-bond acceptors (Lipinski definition) is 2. The minimum atomic E-state index is -0.456. The van der Waals surface area contributed by atoms with E-state index in [-0.39, 0.29) is 0 Å². The molecule has 0 aromatic heterocycles. The highest BCUT2D eigenvalue weighted by molar-refractivity contribution is 5.43. The molecule has 0 atom stereocenters. The summed E-state index contributed by atoms with van der Waals surface area (Å²) in [5.74, 6) is 1.25. The van der Waals surface area contributed by atoms with Gasteiger partial charge in [-0.1, -0.05) is 18.2 Å². The zero-order valence-corrected chi connectivity index (χ0v) is 9.63. The van der Waals surface area contributed by atoms with E-state index >= 15 is 0 Å². The van der Waals surface area contributed by atoms with Gasteiger partial charge in [-0.15, -0.1) is 0 Å². The normalized spacial score (nSPS) is 17.4. The topological polar surface area (TPSA) is 21.3 Å². The molecule has 1 aliphatic heterocycles. The number of nitrogens with one attached hydrogen (secondary N) is 1. The van der Waals surface area contributed by atoms with Gasteiger partial charge >= 0.3 is 0 Å². The molecule has 1 aromatic rings. The lowest BCUT2D eigenvalue weighted by molar-refractivity contribution is 0.376. The van der Waals surface area contributed by atoms with E-state index in [1.54, 1.807) is 13.2 Å². The zero-order valence-electron chi connectivity index (χ0n) is 9.63. The Kier molecular flexibility index (Phi) is 3.78. The lowest BCUT2D eigenvalue weighted by Gasteiger charge is -2.25. The van der Waals surface area contributed by atoms with E-state index in [9.17, 15) is 4.39 Å². The number of piperidine rings is 1. The van der Waals surface area contributed by atoms with E-state index in [0.717, 1.165) is 31.7 Å². The Balaban J connectivity index is 2.30. The second-order valence-corrected chi connectivity index (χ2v) is 4.20. The number of halogens is 1. The van der Waals surface area contributed by atoms with Gasteiger partial charge in [0, 0.05) is 5.56 Å². The molecule has 16 heavy (non-hydrogen) atoms. The quantitative estimate of drug-likeness (QED) is 0.850. The summed E-state index contributed by atoms with van der Waals surface area (Å²) in [5.41, 5.74) is 1.83. The van der Waals surface area contributed by atoms with Gasteiger partial charge in [-0.3, -0.25) is 0 Å². The predicted octanol–water partition coefficient (Wildman–Crippen LogP) is 2.63. The van der Waals surface area contributed by atoms with E-state index in [4.69, 9.17) is 4.74 Å². The summed E-state index contributed by atoms with van der Waals surface area (Å²) >= 11 is 0. The van der Waals surface area contributed by atoms with Gasteiger partial charge in [0.15, 0.2) is 0 Å². The highest BCUT2D eigenvalue weighted by Gasteiger charge is 2.20. The average molecular weight is 223 g/mol. The van der Waals surface area contributed by atoms with E-state index in [1.165, 1.54) is 5.56 Å². The molecule has 88 valence electrons. The summed E-state index contributed by atoms with van der Waals surface area (Å²) in [6.45, 7) is 1.61. The predicted molar refractivity (Wildman–Crippen MR) is 62.7 cm³/mol.